The molecule has 0 radical (unpaired) electrons. The minimum atomic E-state index is -0.102. The highest BCUT2D eigenvalue weighted by atomic mass is 79.9. The van der Waals surface area contributed by atoms with E-state index in [1.165, 1.54) is 11.1 Å². The lowest BCUT2D eigenvalue weighted by atomic mass is 9.80. The third kappa shape index (κ3) is 6.97. The quantitative estimate of drug-likeness (QED) is 0.443. The van der Waals surface area contributed by atoms with Gasteiger partial charge in [-0.2, -0.15) is 0 Å². The zero-order valence-electron chi connectivity index (χ0n) is 20.7. The molecule has 1 aliphatic heterocycles. The molecular formula is C27H36BrClN2O2. The summed E-state index contributed by atoms with van der Waals surface area (Å²) in [5.41, 5.74) is 3.52. The van der Waals surface area contributed by atoms with Gasteiger partial charge in [-0.05, 0) is 56.1 Å². The Morgan fingerprint density at radius 3 is 2.12 bits per heavy atom. The number of amides is 1. The molecule has 0 N–H and O–H groups in total. The summed E-state index contributed by atoms with van der Waals surface area (Å²) in [5, 5.41) is 0.753. The number of ether oxygens (including phenoxy) is 1. The molecule has 180 valence electrons. The largest absolute Gasteiger partial charge is 0.482 e. The SMILES string of the molecule is CC(C)(C)c1cc(Br)c(OCC(=O)N2CCN(Cc3ccc(Cl)cc3)CC2)c(C(C)(C)C)c1. The summed E-state index contributed by atoms with van der Waals surface area (Å²) in [7, 11) is 0. The third-order valence-corrected chi connectivity index (χ3v) is 6.94. The lowest BCUT2D eigenvalue weighted by molar-refractivity contribution is -0.135. The first-order valence-corrected chi connectivity index (χ1v) is 12.7. The first-order chi connectivity index (χ1) is 15.3. The molecule has 3 rings (SSSR count). The van der Waals surface area contributed by atoms with Gasteiger partial charge in [0.25, 0.3) is 5.91 Å². The van der Waals surface area contributed by atoms with Crippen molar-refractivity contribution in [2.24, 2.45) is 0 Å². The molecule has 4 nitrogen and oxygen atoms in total. The normalized spacial score (nSPS) is 15.6. The minimum Gasteiger partial charge on any atom is -0.482 e. The zero-order valence-corrected chi connectivity index (χ0v) is 23.0. The van der Waals surface area contributed by atoms with Gasteiger partial charge in [0, 0.05) is 43.3 Å². The molecule has 6 heteroatoms. The van der Waals surface area contributed by atoms with Crippen LogP contribution in [0.1, 0.15) is 58.2 Å². The van der Waals surface area contributed by atoms with Gasteiger partial charge in [-0.1, -0.05) is 71.3 Å². The van der Waals surface area contributed by atoms with Gasteiger partial charge in [0.2, 0.25) is 0 Å². The van der Waals surface area contributed by atoms with Crippen LogP contribution in [0.3, 0.4) is 0 Å². The summed E-state index contributed by atoms with van der Waals surface area (Å²) in [5.74, 6) is 0.804. The van der Waals surface area contributed by atoms with Crippen molar-refractivity contribution >= 4 is 33.4 Å². The highest BCUT2D eigenvalue weighted by Crippen LogP contribution is 2.40. The molecule has 0 saturated carbocycles. The lowest BCUT2D eigenvalue weighted by Gasteiger charge is -2.35. The van der Waals surface area contributed by atoms with Crippen LogP contribution in [0.15, 0.2) is 40.9 Å². The Hall–Kier alpha value is -1.56. The first kappa shape index (κ1) is 26.1. The molecule has 2 aromatic rings. The maximum Gasteiger partial charge on any atom is 0.260 e. The van der Waals surface area contributed by atoms with E-state index in [-0.39, 0.29) is 23.3 Å². The molecular weight excluding hydrogens is 500 g/mol. The Balaban J connectivity index is 1.61. The van der Waals surface area contributed by atoms with Crippen molar-refractivity contribution in [2.45, 2.75) is 58.9 Å². The van der Waals surface area contributed by atoms with E-state index < -0.39 is 0 Å². The predicted octanol–water partition coefficient (Wildman–Crippen LogP) is 6.42. The number of carbonyl (C=O) groups excluding carboxylic acids is 1. The lowest BCUT2D eigenvalue weighted by Crippen LogP contribution is -2.49. The maximum absolute atomic E-state index is 12.9. The molecule has 0 aliphatic carbocycles. The number of halogens is 2. The third-order valence-electron chi connectivity index (χ3n) is 6.10. The van der Waals surface area contributed by atoms with Crippen LogP contribution in [-0.4, -0.2) is 48.5 Å². The van der Waals surface area contributed by atoms with Crippen LogP contribution in [-0.2, 0) is 22.2 Å². The summed E-state index contributed by atoms with van der Waals surface area (Å²) < 4.78 is 7.05. The van der Waals surface area contributed by atoms with Crippen LogP contribution in [0.4, 0.5) is 0 Å². The fraction of sp³-hybridized carbons (Fsp3) is 0.519. The van der Waals surface area contributed by atoms with Crippen molar-refractivity contribution in [2.75, 3.05) is 32.8 Å². The van der Waals surface area contributed by atoms with Gasteiger partial charge in [0.1, 0.15) is 5.75 Å². The second kappa shape index (κ2) is 10.4. The first-order valence-electron chi connectivity index (χ1n) is 11.6. The highest BCUT2D eigenvalue weighted by molar-refractivity contribution is 9.10. The molecule has 0 bridgehead atoms. The monoisotopic (exact) mass is 534 g/mol. The average molecular weight is 536 g/mol. The summed E-state index contributed by atoms with van der Waals surface area (Å²) in [6.45, 7) is 17.2. The van der Waals surface area contributed by atoms with Gasteiger partial charge in [0.15, 0.2) is 6.61 Å². The van der Waals surface area contributed by atoms with E-state index in [9.17, 15) is 4.79 Å². The predicted molar refractivity (Wildman–Crippen MR) is 140 cm³/mol. The second-order valence-electron chi connectivity index (χ2n) is 10.9. The fourth-order valence-electron chi connectivity index (χ4n) is 3.96. The van der Waals surface area contributed by atoms with E-state index in [2.05, 4.69) is 86.6 Å². The molecule has 1 heterocycles. The fourth-order valence-corrected chi connectivity index (χ4v) is 4.66. The van der Waals surface area contributed by atoms with Crippen molar-refractivity contribution in [3.63, 3.8) is 0 Å². The molecule has 0 unspecified atom stereocenters. The standard InChI is InChI=1S/C27H36BrClN2O2/c1-26(2,3)20-15-22(27(4,5)6)25(23(28)16-20)33-18-24(32)31-13-11-30(12-14-31)17-19-7-9-21(29)10-8-19/h7-10,15-16H,11-14,17-18H2,1-6H3. The Bertz CT molecular complexity index is 969. The van der Waals surface area contributed by atoms with Crippen molar-refractivity contribution in [1.29, 1.82) is 0 Å². The van der Waals surface area contributed by atoms with Gasteiger partial charge >= 0.3 is 0 Å². The van der Waals surface area contributed by atoms with E-state index in [0.717, 1.165) is 40.4 Å². The smallest absolute Gasteiger partial charge is 0.260 e. The molecule has 33 heavy (non-hydrogen) atoms. The second-order valence-corrected chi connectivity index (χ2v) is 12.2. The summed E-state index contributed by atoms with van der Waals surface area (Å²) in [4.78, 5) is 17.2. The Morgan fingerprint density at radius 1 is 0.970 bits per heavy atom. The molecule has 2 aromatic carbocycles. The average Bonchev–Trinajstić information content (AvgIpc) is 2.73. The van der Waals surface area contributed by atoms with Crippen LogP contribution < -0.4 is 4.74 Å². The zero-order chi connectivity index (χ0) is 24.4. The van der Waals surface area contributed by atoms with Gasteiger partial charge in [-0.3, -0.25) is 9.69 Å². The molecule has 1 fully saturated rings. The van der Waals surface area contributed by atoms with Crippen molar-refractivity contribution in [3.05, 3.63) is 62.6 Å². The topological polar surface area (TPSA) is 32.8 Å². The van der Waals surface area contributed by atoms with Gasteiger partial charge in [-0.25, -0.2) is 0 Å². The number of nitrogens with zero attached hydrogens (tertiary/aromatic N) is 2. The molecule has 0 aromatic heterocycles. The van der Waals surface area contributed by atoms with E-state index in [4.69, 9.17) is 16.3 Å². The van der Waals surface area contributed by atoms with E-state index in [0.29, 0.717) is 13.1 Å². The molecule has 0 spiro atoms. The van der Waals surface area contributed by atoms with Crippen molar-refractivity contribution in [3.8, 4) is 5.75 Å². The number of hydrogen-bond acceptors (Lipinski definition) is 3. The summed E-state index contributed by atoms with van der Waals surface area (Å²) in [6.07, 6.45) is 0. The van der Waals surface area contributed by atoms with E-state index >= 15 is 0 Å². The summed E-state index contributed by atoms with van der Waals surface area (Å²) in [6, 6.07) is 12.3. The van der Waals surface area contributed by atoms with Crippen molar-refractivity contribution < 1.29 is 9.53 Å². The van der Waals surface area contributed by atoms with E-state index in [1.807, 2.05) is 17.0 Å². The number of piperazine rings is 1. The molecule has 0 atom stereocenters. The molecule has 1 saturated heterocycles. The van der Waals surface area contributed by atoms with Crippen molar-refractivity contribution in [1.82, 2.24) is 9.80 Å². The van der Waals surface area contributed by atoms with Gasteiger partial charge in [0.05, 0.1) is 4.47 Å². The number of hydrogen-bond donors (Lipinski definition) is 0. The van der Waals surface area contributed by atoms with Crippen LogP contribution in [0, 0.1) is 0 Å². The van der Waals surface area contributed by atoms with Gasteiger partial charge in [-0.15, -0.1) is 0 Å². The highest BCUT2D eigenvalue weighted by Gasteiger charge is 2.27. The van der Waals surface area contributed by atoms with Crippen LogP contribution >= 0.6 is 27.5 Å². The Kier molecular flexibility index (Phi) is 8.19. The maximum atomic E-state index is 12.9. The van der Waals surface area contributed by atoms with Crippen LogP contribution in [0.25, 0.3) is 0 Å². The van der Waals surface area contributed by atoms with Crippen LogP contribution in [0.5, 0.6) is 5.75 Å². The number of carbonyl (C=O) groups is 1. The van der Waals surface area contributed by atoms with E-state index in [1.54, 1.807) is 0 Å². The minimum absolute atomic E-state index is 0.0303. The Morgan fingerprint density at radius 2 is 1.58 bits per heavy atom. The summed E-state index contributed by atoms with van der Waals surface area (Å²) >= 11 is 9.69. The molecule has 1 amide bonds. The molecule has 1 aliphatic rings. The Labute approximate surface area is 212 Å². The number of rotatable bonds is 5. The van der Waals surface area contributed by atoms with Gasteiger partial charge < -0.3 is 9.64 Å². The van der Waals surface area contributed by atoms with Crippen LogP contribution in [0.2, 0.25) is 5.02 Å². The number of benzene rings is 2.